The van der Waals surface area contributed by atoms with E-state index in [1.54, 1.807) is 6.92 Å². The Morgan fingerprint density at radius 1 is 1.23 bits per heavy atom. The van der Waals surface area contributed by atoms with Crippen molar-refractivity contribution in [3.63, 3.8) is 0 Å². The number of hydrogen-bond donors (Lipinski definition) is 3. The molecular weight excluding hydrogens is 282 g/mol. The van der Waals surface area contributed by atoms with Crippen molar-refractivity contribution in [2.45, 2.75) is 19.9 Å². The maximum atomic E-state index is 11.4. The molecule has 1 heterocycles. The van der Waals surface area contributed by atoms with Crippen molar-refractivity contribution < 1.29 is 9.59 Å². The van der Waals surface area contributed by atoms with Crippen LogP contribution < -0.4 is 16.4 Å². The highest BCUT2D eigenvalue weighted by Gasteiger charge is 2.04. The quantitative estimate of drug-likeness (QED) is 0.749. The average Bonchev–Trinajstić information content (AvgIpc) is 2.53. The van der Waals surface area contributed by atoms with E-state index in [-0.39, 0.29) is 11.6 Å². The summed E-state index contributed by atoms with van der Waals surface area (Å²) < 4.78 is 0. The second kappa shape index (κ2) is 7.16. The number of hydrogen-bond acceptors (Lipinski definition) is 5. The molecule has 0 aliphatic heterocycles. The van der Waals surface area contributed by atoms with Crippen LogP contribution in [-0.4, -0.2) is 21.8 Å². The topological polar surface area (TPSA) is 110 Å². The first-order valence-corrected chi connectivity index (χ1v) is 6.83. The number of anilines is 2. The van der Waals surface area contributed by atoms with Gasteiger partial charge < -0.3 is 16.4 Å². The highest BCUT2D eigenvalue weighted by molar-refractivity contribution is 5.91. The van der Waals surface area contributed by atoms with E-state index in [0.29, 0.717) is 18.8 Å². The maximum absolute atomic E-state index is 11.4. The van der Waals surface area contributed by atoms with Crippen LogP contribution in [0.25, 0.3) is 0 Å². The average molecular weight is 299 g/mol. The number of amides is 2. The highest BCUT2D eigenvalue weighted by atomic mass is 16.2. The zero-order valence-electron chi connectivity index (χ0n) is 12.2. The van der Waals surface area contributed by atoms with Gasteiger partial charge in [-0.2, -0.15) is 0 Å². The van der Waals surface area contributed by atoms with Crippen LogP contribution in [0, 0.1) is 0 Å². The van der Waals surface area contributed by atoms with Crippen molar-refractivity contribution in [2.24, 2.45) is 5.73 Å². The van der Waals surface area contributed by atoms with Crippen LogP contribution in [0.15, 0.2) is 36.7 Å². The number of nitrogens with one attached hydrogen (secondary N) is 2. The fourth-order valence-electron chi connectivity index (χ4n) is 1.79. The molecule has 0 bridgehead atoms. The van der Waals surface area contributed by atoms with Crippen LogP contribution in [0.2, 0.25) is 0 Å². The minimum absolute atomic E-state index is 0.0352. The first kappa shape index (κ1) is 15.4. The van der Waals surface area contributed by atoms with E-state index in [9.17, 15) is 9.59 Å². The molecule has 0 atom stereocenters. The lowest BCUT2D eigenvalue weighted by molar-refractivity contribution is -0.115. The smallest absolute Gasteiger partial charge is 0.267 e. The molecule has 1 aromatic carbocycles. The van der Waals surface area contributed by atoms with Gasteiger partial charge in [-0.15, -0.1) is 0 Å². The van der Waals surface area contributed by atoms with Gasteiger partial charge in [-0.3, -0.25) is 9.59 Å². The van der Waals surface area contributed by atoms with Crippen LogP contribution in [0.1, 0.15) is 29.4 Å². The fraction of sp³-hybridized carbons (Fsp3) is 0.200. The molecule has 2 aromatic rings. The Kier molecular flexibility index (Phi) is 5.02. The van der Waals surface area contributed by atoms with Gasteiger partial charge in [0.1, 0.15) is 17.8 Å². The molecule has 0 radical (unpaired) electrons. The Morgan fingerprint density at radius 2 is 2.05 bits per heavy atom. The number of carbonyl (C=O) groups is 2. The zero-order chi connectivity index (χ0) is 15.9. The predicted molar refractivity (Wildman–Crippen MR) is 83.2 cm³/mol. The summed E-state index contributed by atoms with van der Waals surface area (Å²) in [6, 6.07) is 8.97. The molecule has 0 aliphatic carbocycles. The molecule has 0 aliphatic rings. The molecule has 114 valence electrons. The van der Waals surface area contributed by atoms with Crippen molar-refractivity contribution >= 4 is 23.3 Å². The Bertz CT molecular complexity index is 687. The van der Waals surface area contributed by atoms with Gasteiger partial charge in [0, 0.05) is 24.7 Å². The van der Waals surface area contributed by atoms with Gasteiger partial charge in [0.25, 0.3) is 5.91 Å². The number of benzene rings is 1. The number of aromatic nitrogens is 2. The standard InChI is InChI=1S/C15H17N5O2/c1-2-14(21)20-11-5-3-4-10(6-11)8-17-13-7-12(15(16)22)18-9-19-13/h3-7,9H,2,8H2,1H3,(H2,16,22)(H,20,21)(H,17,18,19). The van der Waals surface area contributed by atoms with Crippen molar-refractivity contribution in [2.75, 3.05) is 10.6 Å². The molecule has 1 aromatic heterocycles. The third-order valence-corrected chi connectivity index (χ3v) is 2.93. The summed E-state index contributed by atoms with van der Waals surface area (Å²) >= 11 is 0. The second-order valence-electron chi connectivity index (χ2n) is 4.61. The van der Waals surface area contributed by atoms with Crippen LogP contribution in [0.5, 0.6) is 0 Å². The molecule has 7 nitrogen and oxygen atoms in total. The number of rotatable bonds is 6. The molecule has 0 saturated carbocycles. The Morgan fingerprint density at radius 3 is 2.77 bits per heavy atom. The van der Waals surface area contributed by atoms with Gasteiger partial charge in [0.15, 0.2) is 0 Å². The van der Waals surface area contributed by atoms with E-state index in [2.05, 4.69) is 20.6 Å². The summed E-state index contributed by atoms with van der Waals surface area (Å²) in [5.41, 5.74) is 7.03. The first-order valence-electron chi connectivity index (χ1n) is 6.83. The monoisotopic (exact) mass is 299 g/mol. The van der Waals surface area contributed by atoms with Crippen LogP contribution in [0.3, 0.4) is 0 Å². The molecule has 0 saturated heterocycles. The third-order valence-electron chi connectivity index (χ3n) is 2.93. The number of primary amides is 1. The SMILES string of the molecule is CCC(=O)Nc1cccc(CNc2cc(C(N)=O)ncn2)c1. The maximum Gasteiger partial charge on any atom is 0.267 e. The van der Waals surface area contributed by atoms with Gasteiger partial charge >= 0.3 is 0 Å². The second-order valence-corrected chi connectivity index (χ2v) is 4.61. The number of nitrogens with two attached hydrogens (primary N) is 1. The molecule has 0 spiro atoms. The summed E-state index contributed by atoms with van der Waals surface area (Å²) in [5.74, 6) is -0.131. The number of carbonyl (C=O) groups excluding carboxylic acids is 2. The molecule has 0 unspecified atom stereocenters. The van der Waals surface area contributed by atoms with E-state index >= 15 is 0 Å². The van der Waals surface area contributed by atoms with E-state index in [1.807, 2.05) is 24.3 Å². The highest BCUT2D eigenvalue weighted by Crippen LogP contribution is 2.13. The van der Waals surface area contributed by atoms with Crippen molar-refractivity contribution in [1.29, 1.82) is 0 Å². The van der Waals surface area contributed by atoms with Gasteiger partial charge in [-0.05, 0) is 17.7 Å². The summed E-state index contributed by atoms with van der Waals surface area (Å²) in [5, 5.41) is 5.88. The molecule has 2 rings (SSSR count). The lowest BCUT2D eigenvalue weighted by Crippen LogP contribution is -2.14. The first-order chi connectivity index (χ1) is 10.6. The number of nitrogens with zero attached hydrogens (tertiary/aromatic N) is 2. The zero-order valence-corrected chi connectivity index (χ0v) is 12.2. The summed E-state index contributed by atoms with van der Waals surface area (Å²) in [6.45, 7) is 2.29. The van der Waals surface area contributed by atoms with Crippen molar-refractivity contribution in [1.82, 2.24) is 9.97 Å². The summed E-state index contributed by atoms with van der Waals surface area (Å²) in [4.78, 5) is 30.3. The molecule has 2 amide bonds. The lowest BCUT2D eigenvalue weighted by atomic mass is 10.2. The molecule has 4 N–H and O–H groups in total. The van der Waals surface area contributed by atoms with Crippen LogP contribution >= 0.6 is 0 Å². The normalized spacial score (nSPS) is 10.0. The van der Waals surface area contributed by atoms with Gasteiger partial charge in [0.2, 0.25) is 5.91 Å². The van der Waals surface area contributed by atoms with Crippen molar-refractivity contribution in [3.05, 3.63) is 47.9 Å². The largest absolute Gasteiger partial charge is 0.366 e. The minimum Gasteiger partial charge on any atom is -0.366 e. The van der Waals surface area contributed by atoms with E-state index in [1.165, 1.54) is 12.4 Å². The Labute approximate surface area is 128 Å². The Balaban J connectivity index is 2.02. The van der Waals surface area contributed by atoms with Gasteiger partial charge in [-0.1, -0.05) is 19.1 Å². The van der Waals surface area contributed by atoms with Crippen molar-refractivity contribution in [3.8, 4) is 0 Å². The molecule has 22 heavy (non-hydrogen) atoms. The Hall–Kier alpha value is -2.96. The van der Waals surface area contributed by atoms with E-state index in [0.717, 1.165) is 11.3 Å². The van der Waals surface area contributed by atoms with Gasteiger partial charge in [0.05, 0.1) is 0 Å². The van der Waals surface area contributed by atoms with E-state index < -0.39 is 5.91 Å². The third kappa shape index (κ3) is 4.27. The van der Waals surface area contributed by atoms with Crippen LogP contribution in [-0.2, 0) is 11.3 Å². The minimum atomic E-state index is -0.602. The molecular formula is C15H17N5O2. The summed E-state index contributed by atoms with van der Waals surface area (Å²) in [6.07, 6.45) is 1.71. The molecule has 7 heteroatoms. The summed E-state index contributed by atoms with van der Waals surface area (Å²) in [7, 11) is 0. The van der Waals surface area contributed by atoms with Crippen LogP contribution in [0.4, 0.5) is 11.5 Å². The fourth-order valence-corrected chi connectivity index (χ4v) is 1.79. The van der Waals surface area contributed by atoms with Gasteiger partial charge in [-0.25, -0.2) is 9.97 Å². The lowest BCUT2D eigenvalue weighted by Gasteiger charge is -2.08. The predicted octanol–water partition coefficient (Wildman–Crippen LogP) is 1.54. The van der Waals surface area contributed by atoms with E-state index in [4.69, 9.17) is 5.73 Å². The molecule has 0 fully saturated rings.